The minimum Gasteiger partial charge on any atom is -0.462 e. The average molecular weight is 299 g/mol. The molecule has 0 heterocycles. The van der Waals surface area contributed by atoms with Crippen molar-refractivity contribution in [2.24, 2.45) is 0 Å². The van der Waals surface area contributed by atoms with E-state index in [4.69, 9.17) is 4.74 Å². The Hall–Kier alpha value is -1.40. The molecular formula is C14H21NO4S. The van der Waals surface area contributed by atoms with Crippen molar-refractivity contribution < 1.29 is 17.9 Å². The van der Waals surface area contributed by atoms with E-state index in [0.717, 1.165) is 0 Å². The van der Waals surface area contributed by atoms with Gasteiger partial charge in [-0.3, -0.25) is 0 Å². The molecule has 0 aliphatic heterocycles. The molecule has 0 fully saturated rings. The SMILES string of the molecule is CCOC(=O)c1ccc(S(=O)(=O)N(CC)C(C)C)cc1. The summed E-state index contributed by atoms with van der Waals surface area (Å²) in [6.45, 7) is 7.86. The van der Waals surface area contributed by atoms with Crippen LogP contribution in [0.3, 0.4) is 0 Å². The van der Waals surface area contributed by atoms with E-state index in [9.17, 15) is 13.2 Å². The molecule has 5 nitrogen and oxygen atoms in total. The van der Waals surface area contributed by atoms with Crippen molar-refractivity contribution >= 4 is 16.0 Å². The molecule has 1 rings (SSSR count). The topological polar surface area (TPSA) is 63.7 Å². The fraction of sp³-hybridized carbons (Fsp3) is 0.500. The number of benzene rings is 1. The number of carbonyl (C=O) groups excluding carboxylic acids is 1. The molecule has 0 atom stereocenters. The van der Waals surface area contributed by atoms with Gasteiger partial charge in [0.2, 0.25) is 10.0 Å². The Morgan fingerprint density at radius 3 is 2.15 bits per heavy atom. The van der Waals surface area contributed by atoms with Gasteiger partial charge in [-0.05, 0) is 45.0 Å². The lowest BCUT2D eigenvalue weighted by atomic mass is 10.2. The minimum absolute atomic E-state index is 0.116. The summed E-state index contributed by atoms with van der Waals surface area (Å²) in [5.74, 6) is -0.451. The molecule has 0 radical (unpaired) electrons. The molecule has 20 heavy (non-hydrogen) atoms. The molecular weight excluding hydrogens is 278 g/mol. The highest BCUT2D eigenvalue weighted by Crippen LogP contribution is 2.18. The zero-order valence-corrected chi connectivity index (χ0v) is 13.1. The fourth-order valence-electron chi connectivity index (χ4n) is 1.93. The van der Waals surface area contributed by atoms with Crippen LogP contribution in [0.2, 0.25) is 0 Å². The van der Waals surface area contributed by atoms with Crippen LogP contribution in [0.5, 0.6) is 0 Å². The van der Waals surface area contributed by atoms with Crippen LogP contribution in [0.25, 0.3) is 0 Å². The normalized spacial score (nSPS) is 11.9. The highest BCUT2D eigenvalue weighted by atomic mass is 32.2. The Morgan fingerprint density at radius 2 is 1.75 bits per heavy atom. The van der Waals surface area contributed by atoms with Crippen molar-refractivity contribution in [1.82, 2.24) is 4.31 Å². The second-order valence-corrected chi connectivity index (χ2v) is 6.44. The summed E-state index contributed by atoms with van der Waals surface area (Å²) in [7, 11) is -3.52. The molecule has 0 bridgehead atoms. The molecule has 6 heteroatoms. The first-order valence-electron chi connectivity index (χ1n) is 6.63. The Kier molecular flexibility index (Phi) is 5.71. The molecule has 0 spiro atoms. The quantitative estimate of drug-likeness (QED) is 0.756. The van der Waals surface area contributed by atoms with Crippen molar-refractivity contribution in [1.29, 1.82) is 0 Å². The van der Waals surface area contributed by atoms with Crippen molar-refractivity contribution in [3.8, 4) is 0 Å². The lowest BCUT2D eigenvalue weighted by Crippen LogP contribution is -2.36. The maximum Gasteiger partial charge on any atom is 0.338 e. The van der Waals surface area contributed by atoms with Crippen molar-refractivity contribution in [3.05, 3.63) is 29.8 Å². The molecule has 1 aromatic rings. The van der Waals surface area contributed by atoms with Gasteiger partial charge in [-0.1, -0.05) is 6.92 Å². The number of sulfonamides is 1. The monoisotopic (exact) mass is 299 g/mol. The van der Waals surface area contributed by atoms with Crippen LogP contribution in [0.4, 0.5) is 0 Å². The summed E-state index contributed by atoms with van der Waals surface area (Å²) < 4.78 is 31.1. The summed E-state index contributed by atoms with van der Waals surface area (Å²) >= 11 is 0. The van der Waals surface area contributed by atoms with Gasteiger partial charge in [0, 0.05) is 12.6 Å². The standard InChI is InChI=1S/C14H21NO4S/c1-5-15(11(3)4)20(17,18)13-9-7-12(8-10-13)14(16)19-6-2/h7-11H,5-6H2,1-4H3. The second-order valence-electron chi connectivity index (χ2n) is 4.55. The first-order valence-corrected chi connectivity index (χ1v) is 8.07. The van der Waals surface area contributed by atoms with E-state index in [-0.39, 0.29) is 17.5 Å². The first kappa shape index (κ1) is 16.7. The highest BCUT2D eigenvalue weighted by Gasteiger charge is 2.25. The summed E-state index contributed by atoms with van der Waals surface area (Å²) in [6.07, 6.45) is 0. The Labute approximate surface area is 120 Å². The van der Waals surface area contributed by atoms with E-state index in [1.54, 1.807) is 13.8 Å². The molecule has 0 amide bonds. The lowest BCUT2D eigenvalue weighted by Gasteiger charge is -2.24. The molecule has 0 aromatic heterocycles. The summed E-state index contributed by atoms with van der Waals surface area (Å²) in [5, 5.41) is 0. The van der Waals surface area contributed by atoms with Gasteiger partial charge in [0.25, 0.3) is 0 Å². The van der Waals surface area contributed by atoms with Gasteiger partial charge in [-0.2, -0.15) is 4.31 Å². The Bertz CT molecular complexity index is 549. The predicted octanol–water partition coefficient (Wildman–Crippen LogP) is 2.28. The number of nitrogens with zero attached hydrogens (tertiary/aromatic N) is 1. The Morgan fingerprint density at radius 1 is 1.20 bits per heavy atom. The third kappa shape index (κ3) is 3.58. The Balaban J connectivity index is 3.06. The third-order valence-electron chi connectivity index (χ3n) is 2.86. The van der Waals surface area contributed by atoms with Gasteiger partial charge in [-0.15, -0.1) is 0 Å². The summed E-state index contributed by atoms with van der Waals surface area (Å²) in [5.41, 5.74) is 0.346. The van der Waals surface area contributed by atoms with Crippen molar-refractivity contribution in [3.63, 3.8) is 0 Å². The second kappa shape index (κ2) is 6.85. The number of carbonyl (C=O) groups is 1. The van der Waals surface area contributed by atoms with Gasteiger partial charge in [0.05, 0.1) is 17.1 Å². The maximum absolute atomic E-state index is 12.4. The number of rotatable bonds is 6. The van der Waals surface area contributed by atoms with E-state index in [1.807, 2.05) is 13.8 Å². The fourth-order valence-corrected chi connectivity index (χ4v) is 3.57. The first-order chi connectivity index (χ1) is 9.34. The van der Waals surface area contributed by atoms with Crippen LogP contribution in [-0.2, 0) is 14.8 Å². The van der Waals surface area contributed by atoms with Crippen LogP contribution in [0.15, 0.2) is 29.2 Å². The average Bonchev–Trinajstić information content (AvgIpc) is 2.39. The molecule has 1 aromatic carbocycles. The molecule has 112 valence electrons. The minimum atomic E-state index is -3.52. The van der Waals surface area contributed by atoms with Gasteiger partial charge in [0.1, 0.15) is 0 Å². The smallest absolute Gasteiger partial charge is 0.338 e. The van der Waals surface area contributed by atoms with Gasteiger partial charge >= 0.3 is 5.97 Å². The van der Waals surface area contributed by atoms with Crippen molar-refractivity contribution in [2.45, 2.75) is 38.6 Å². The molecule has 0 unspecified atom stereocenters. The molecule has 0 aliphatic rings. The molecule has 0 N–H and O–H groups in total. The van der Waals surface area contributed by atoms with E-state index in [0.29, 0.717) is 12.1 Å². The van der Waals surface area contributed by atoms with Crippen LogP contribution in [-0.4, -0.2) is 37.9 Å². The van der Waals surface area contributed by atoms with Gasteiger partial charge in [-0.25, -0.2) is 13.2 Å². The van der Waals surface area contributed by atoms with E-state index >= 15 is 0 Å². The van der Waals surface area contributed by atoms with Crippen LogP contribution in [0, 0.1) is 0 Å². The molecule has 0 aliphatic carbocycles. The van der Waals surface area contributed by atoms with Crippen LogP contribution in [0.1, 0.15) is 38.1 Å². The van der Waals surface area contributed by atoms with Crippen LogP contribution < -0.4 is 0 Å². The molecule has 0 saturated heterocycles. The number of esters is 1. The third-order valence-corrected chi connectivity index (χ3v) is 5.02. The number of hydrogen-bond donors (Lipinski definition) is 0. The number of ether oxygens (including phenoxy) is 1. The summed E-state index contributed by atoms with van der Waals surface area (Å²) in [6, 6.07) is 5.70. The van der Waals surface area contributed by atoms with E-state index in [2.05, 4.69) is 0 Å². The van der Waals surface area contributed by atoms with Gasteiger partial charge in [0.15, 0.2) is 0 Å². The van der Waals surface area contributed by atoms with E-state index in [1.165, 1.54) is 28.6 Å². The van der Waals surface area contributed by atoms with Crippen LogP contribution >= 0.6 is 0 Å². The summed E-state index contributed by atoms with van der Waals surface area (Å²) in [4.78, 5) is 11.7. The lowest BCUT2D eigenvalue weighted by molar-refractivity contribution is 0.0526. The number of hydrogen-bond acceptors (Lipinski definition) is 4. The maximum atomic E-state index is 12.4. The molecule has 0 saturated carbocycles. The van der Waals surface area contributed by atoms with Gasteiger partial charge < -0.3 is 4.74 Å². The largest absolute Gasteiger partial charge is 0.462 e. The van der Waals surface area contributed by atoms with E-state index < -0.39 is 16.0 Å². The zero-order chi connectivity index (χ0) is 15.3. The zero-order valence-electron chi connectivity index (χ0n) is 12.3. The predicted molar refractivity (Wildman–Crippen MR) is 77.1 cm³/mol. The highest BCUT2D eigenvalue weighted by molar-refractivity contribution is 7.89. The van der Waals surface area contributed by atoms with Crippen molar-refractivity contribution in [2.75, 3.05) is 13.2 Å².